The molecule has 1 unspecified atom stereocenters. The SMILES string of the molecule is COc1cc(C#N)ccc1NS(C)=O. The fraction of sp³-hybridized carbons (Fsp3) is 0.222. The van der Waals surface area contributed by atoms with Crippen molar-refractivity contribution >= 4 is 16.7 Å². The molecule has 5 heteroatoms. The number of nitriles is 1. The number of anilines is 1. The van der Waals surface area contributed by atoms with Gasteiger partial charge in [-0.1, -0.05) is 0 Å². The average Bonchev–Trinajstić information content (AvgIpc) is 2.17. The molecule has 74 valence electrons. The maximum absolute atomic E-state index is 10.9. The van der Waals surface area contributed by atoms with Crippen molar-refractivity contribution in [3.05, 3.63) is 23.8 Å². The molecule has 4 nitrogen and oxygen atoms in total. The van der Waals surface area contributed by atoms with Crippen LogP contribution in [0.1, 0.15) is 5.56 Å². The van der Waals surface area contributed by atoms with E-state index in [1.165, 1.54) is 13.4 Å². The van der Waals surface area contributed by atoms with Crippen LogP contribution < -0.4 is 9.46 Å². The van der Waals surface area contributed by atoms with Crippen molar-refractivity contribution in [2.75, 3.05) is 18.1 Å². The van der Waals surface area contributed by atoms with Crippen LogP contribution in [0.25, 0.3) is 0 Å². The number of benzene rings is 1. The number of nitrogens with one attached hydrogen (secondary N) is 1. The van der Waals surface area contributed by atoms with Gasteiger partial charge in [0.25, 0.3) is 0 Å². The first-order chi connectivity index (χ1) is 6.67. The van der Waals surface area contributed by atoms with Gasteiger partial charge in [0.2, 0.25) is 0 Å². The summed E-state index contributed by atoms with van der Waals surface area (Å²) < 4.78 is 18.7. The first-order valence-electron chi connectivity index (χ1n) is 3.85. The van der Waals surface area contributed by atoms with E-state index >= 15 is 0 Å². The first-order valence-corrected chi connectivity index (χ1v) is 5.41. The fourth-order valence-corrected chi connectivity index (χ4v) is 1.48. The van der Waals surface area contributed by atoms with Gasteiger partial charge in [-0.3, -0.25) is 0 Å². The van der Waals surface area contributed by atoms with E-state index in [0.29, 0.717) is 17.0 Å². The second-order valence-electron chi connectivity index (χ2n) is 2.58. The van der Waals surface area contributed by atoms with Crippen molar-refractivity contribution in [3.63, 3.8) is 0 Å². The van der Waals surface area contributed by atoms with E-state index in [9.17, 15) is 4.21 Å². The van der Waals surface area contributed by atoms with Crippen molar-refractivity contribution in [3.8, 4) is 11.8 Å². The Labute approximate surface area is 85.1 Å². The maximum atomic E-state index is 10.9. The number of ether oxygens (including phenoxy) is 1. The number of rotatable bonds is 3. The molecule has 0 saturated heterocycles. The van der Waals surface area contributed by atoms with Gasteiger partial charge in [-0.15, -0.1) is 0 Å². The van der Waals surface area contributed by atoms with Crippen LogP contribution in [0.3, 0.4) is 0 Å². The van der Waals surface area contributed by atoms with Crippen LogP contribution in [-0.2, 0) is 11.0 Å². The summed E-state index contributed by atoms with van der Waals surface area (Å²) in [4.78, 5) is 0. The number of nitrogens with zero attached hydrogens (tertiary/aromatic N) is 1. The summed E-state index contributed by atoms with van der Waals surface area (Å²) in [6, 6.07) is 6.89. The highest BCUT2D eigenvalue weighted by molar-refractivity contribution is 7.85. The van der Waals surface area contributed by atoms with E-state index < -0.39 is 11.0 Å². The van der Waals surface area contributed by atoms with Gasteiger partial charge in [0.05, 0.1) is 24.4 Å². The predicted molar refractivity (Wildman–Crippen MR) is 55.4 cm³/mol. The quantitative estimate of drug-likeness (QED) is 0.817. The Kier molecular flexibility index (Phi) is 3.48. The van der Waals surface area contributed by atoms with Gasteiger partial charge in [-0.2, -0.15) is 5.26 Å². The minimum Gasteiger partial charge on any atom is -0.495 e. The lowest BCUT2D eigenvalue weighted by atomic mass is 10.2. The van der Waals surface area contributed by atoms with Crippen molar-refractivity contribution in [2.45, 2.75) is 0 Å². The van der Waals surface area contributed by atoms with Gasteiger partial charge < -0.3 is 9.46 Å². The molecule has 1 aromatic rings. The monoisotopic (exact) mass is 210 g/mol. The van der Waals surface area contributed by atoms with Crippen LogP contribution in [0.5, 0.6) is 5.75 Å². The van der Waals surface area contributed by atoms with Crippen molar-refractivity contribution in [1.82, 2.24) is 0 Å². The summed E-state index contributed by atoms with van der Waals surface area (Å²) in [6.07, 6.45) is 1.53. The van der Waals surface area contributed by atoms with Crippen molar-refractivity contribution in [2.24, 2.45) is 0 Å². The normalized spacial score (nSPS) is 11.5. The molecule has 1 atom stereocenters. The molecule has 0 bridgehead atoms. The highest BCUT2D eigenvalue weighted by Gasteiger charge is 2.04. The van der Waals surface area contributed by atoms with E-state index in [-0.39, 0.29) is 0 Å². The lowest BCUT2D eigenvalue weighted by Gasteiger charge is -2.08. The second kappa shape index (κ2) is 4.63. The largest absolute Gasteiger partial charge is 0.495 e. The van der Waals surface area contributed by atoms with E-state index in [2.05, 4.69) is 4.72 Å². The standard InChI is InChI=1S/C9H10N2O2S/c1-13-9-5-7(6-10)3-4-8(9)11-14(2)12/h3-5,11H,1-2H3. The molecule has 0 radical (unpaired) electrons. The lowest BCUT2D eigenvalue weighted by molar-refractivity contribution is 0.417. The molecule has 0 aliphatic rings. The summed E-state index contributed by atoms with van der Waals surface area (Å²) in [5.74, 6) is 0.513. The second-order valence-corrected chi connectivity index (χ2v) is 3.70. The Morgan fingerprint density at radius 1 is 1.57 bits per heavy atom. The first kappa shape index (κ1) is 10.5. The molecule has 1 aromatic carbocycles. The summed E-state index contributed by atoms with van der Waals surface area (Å²) in [6.45, 7) is 0. The highest BCUT2D eigenvalue weighted by atomic mass is 32.2. The van der Waals surface area contributed by atoms with E-state index in [1.807, 2.05) is 6.07 Å². The van der Waals surface area contributed by atoms with E-state index in [4.69, 9.17) is 10.00 Å². The fourth-order valence-electron chi connectivity index (χ4n) is 1.000. The molecule has 1 N–H and O–H groups in total. The Hall–Kier alpha value is -1.54. The van der Waals surface area contributed by atoms with Crippen LogP contribution in [0.2, 0.25) is 0 Å². The van der Waals surface area contributed by atoms with Crippen LogP contribution in [0, 0.1) is 11.3 Å². The lowest BCUT2D eigenvalue weighted by Crippen LogP contribution is -2.03. The third-order valence-corrected chi connectivity index (χ3v) is 2.09. The van der Waals surface area contributed by atoms with Gasteiger partial charge in [0, 0.05) is 12.3 Å². The molecular formula is C9H10N2O2S. The number of methoxy groups -OCH3 is 1. The molecule has 0 amide bonds. The van der Waals surface area contributed by atoms with Crippen molar-refractivity contribution in [1.29, 1.82) is 5.26 Å². The molecule has 0 aromatic heterocycles. The Morgan fingerprint density at radius 2 is 2.29 bits per heavy atom. The zero-order valence-electron chi connectivity index (χ0n) is 7.90. The molecule has 0 fully saturated rings. The topological polar surface area (TPSA) is 62.1 Å². The maximum Gasteiger partial charge on any atom is 0.144 e. The summed E-state index contributed by atoms with van der Waals surface area (Å²) >= 11 is 0. The van der Waals surface area contributed by atoms with Gasteiger partial charge >= 0.3 is 0 Å². The zero-order chi connectivity index (χ0) is 10.6. The minimum absolute atomic E-state index is 0.509. The minimum atomic E-state index is -1.15. The van der Waals surface area contributed by atoms with Crippen LogP contribution in [0.4, 0.5) is 5.69 Å². The highest BCUT2D eigenvalue weighted by Crippen LogP contribution is 2.25. The van der Waals surface area contributed by atoms with Crippen LogP contribution in [0.15, 0.2) is 18.2 Å². The van der Waals surface area contributed by atoms with E-state index in [0.717, 1.165) is 0 Å². The third-order valence-electron chi connectivity index (χ3n) is 1.58. The molecule has 0 spiro atoms. The van der Waals surface area contributed by atoms with Crippen LogP contribution in [-0.4, -0.2) is 17.6 Å². The summed E-state index contributed by atoms with van der Waals surface area (Å²) in [5.41, 5.74) is 1.13. The van der Waals surface area contributed by atoms with Crippen LogP contribution >= 0.6 is 0 Å². The Balaban J connectivity index is 3.06. The summed E-state index contributed by atoms with van der Waals surface area (Å²) in [7, 11) is 0.350. The number of hydrogen-bond donors (Lipinski definition) is 1. The van der Waals surface area contributed by atoms with Gasteiger partial charge in [0.15, 0.2) is 0 Å². The Bertz CT molecular complexity index is 398. The number of hydrogen-bond acceptors (Lipinski definition) is 3. The third kappa shape index (κ3) is 2.47. The molecule has 0 aliphatic heterocycles. The molecule has 0 aliphatic carbocycles. The Morgan fingerprint density at radius 3 is 2.79 bits per heavy atom. The van der Waals surface area contributed by atoms with Gasteiger partial charge in [0.1, 0.15) is 16.7 Å². The average molecular weight is 210 g/mol. The van der Waals surface area contributed by atoms with Gasteiger partial charge in [-0.25, -0.2) is 4.21 Å². The summed E-state index contributed by atoms with van der Waals surface area (Å²) in [5, 5.41) is 8.64. The zero-order valence-corrected chi connectivity index (χ0v) is 8.72. The predicted octanol–water partition coefficient (Wildman–Crippen LogP) is 1.27. The molecule has 0 saturated carbocycles. The van der Waals surface area contributed by atoms with Gasteiger partial charge in [-0.05, 0) is 12.1 Å². The molecule has 0 heterocycles. The van der Waals surface area contributed by atoms with Crippen molar-refractivity contribution < 1.29 is 8.95 Å². The smallest absolute Gasteiger partial charge is 0.144 e. The molecular weight excluding hydrogens is 200 g/mol. The molecule has 1 rings (SSSR count). The molecule has 14 heavy (non-hydrogen) atoms. The van der Waals surface area contributed by atoms with E-state index in [1.54, 1.807) is 18.2 Å².